The van der Waals surface area contributed by atoms with Crippen LogP contribution in [0.15, 0.2) is 0 Å². The van der Waals surface area contributed by atoms with E-state index in [0.717, 1.165) is 25.9 Å². The predicted octanol–water partition coefficient (Wildman–Crippen LogP) is 0.346. The number of carbonyl (C=O) groups excluding carboxylic acids is 2. The molecule has 0 spiro atoms. The number of carbonyl (C=O) groups is 2. The van der Waals surface area contributed by atoms with Gasteiger partial charge in [0, 0.05) is 12.0 Å². The van der Waals surface area contributed by atoms with Gasteiger partial charge in [-0.15, -0.1) is 0 Å². The molecule has 0 aliphatic carbocycles. The zero-order valence-corrected chi connectivity index (χ0v) is 11.7. The molecule has 1 fully saturated rings. The van der Waals surface area contributed by atoms with E-state index in [-0.39, 0.29) is 12.5 Å². The molecule has 1 rings (SSSR count). The van der Waals surface area contributed by atoms with E-state index in [1.165, 1.54) is 0 Å². The molecule has 18 heavy (non-hydrogen) atoms. The fourth-order valence-corrected chi connectivity index (χ4v) is 2.57. The number of hydrogen-bond donors (Lipinski definition) is 2. The molecule has 1 aliphatic rings. The minimum Gasteiger partial charge on any atom is -0.368 e. The summed E-state index contributed by atoms with van der Waals surface area (Å²) in [5.74, 6) is -0.110. The van der Waals surface area contributed by atoms with Gasteiger partial charge in [-0.1, -0.05) is 13.8 Å². The predicted molar refractivity (Wildman–Crippen MR) is 70.8 cm³/mol. The van der Waals surface area contributed by atoms with Gasteiger partial charge in [0.05, 0.1) is 6.54 Å². The molecular weight excluding hydrogens is 230 g/mol. The summed E-state index contributed by atoms with van der Waals surface area (Å²) in [5, 5.41) is 3.33. The van der Waals surface area contributed by atoms with Gasteiger partial charge in [0.1, 0.15) is 0 Å². The number of hydrogen-bond acceptors (Lipinski definition) is 3. The average molecular weight is 255 g/mol. The molecule has 5 nitrogen and oxygen atoms in total. The van der Waals surface area contributed by atoms with E-state index in [4.69, 9.17) is 5.73 Å². The Hall–Kier alpha value is -1.10. The molecule has 1 atom stereocenters. The average Bonchev–Trinajstić information content (AvgIpc) is 2.36. The third kappa shape index (κ3) is 3.45. The summed E-state index contributed by atoms with van der Waals surface area (Å²) in [4.78, 5) is 25.1. The molecule has 1 saturated heterocycles. The molecule has 1 unspecified atom stereocenters. The zero-order chi connectivity index (χ0) is 13.8. The molecular formula is C13H25N3O2. The highest BCUT2D eigenvalue weighted by molar-refractivity contribution is 5.87. The van der Waals surface area contributed by atoms with Gasteiger partial charge in [0.2, 0.25) is 11.8 Å². The van der Waals surface area contributed by atoms with Crippen LogP contribution in [0.25, 0.3) is 0 Å². The van der Waals surface area contributed by atoms with Crippen LogP contribution in [0.2, 0.25) is 0 Å². The molecule has 1 heterocycles. The number of nitrogens with one attached hydrogen (secondary N) is 1. The SMILES string of the molecule is CCN(CC(N)=O)C(=O)C(C)(C)C1CCCNC1. The van der Waals surface area contributed by atoms with E-state index < -0.39 is 11.3 Å². The van der Waals surface area contributed by atoms with Crippen LogP contribution in [-0.2, 0) is 9.59 Å². The summed E-state index contributed by atoms with van der Waals surface area (Å²) in [6.07, 6.45) is 2.16. The fourth-order valence-electron chi connectivity index (χ4n) is 2.57. The van der Waals surface area contributed by atoms with Crippen molar-refractivity contribution in [1.29, 1.82) is 0 Å². The Labute approximate surface area is 109 Å². The lowest BCUT2D eigenvalue weighted by Crippen LogP contribution is -2.50. The van der Waals surface area contributed by atoms with E-state index in [2.05, 4.69) is 5.32 Å². The molecule has 0 saturated carbocycles. The molecule has 104 valence electrons. The summed E-state index contributed by atoms with van der Waals surface area (Å²) >= 11 is 0. The van der Waals surface area contributed by atoms with Gasteiger partial charge in [-0.05, 0) is 38.8 Å². The van der Waals surface area contributed by atoms with Gasteiger partial charge in [-0.25, -0.2) is 0 Å². The van der Waals surface area contributed by atoms with Crippen molar-refractivity contribution in [2.24, 2.45) is 17.1 Å². The minimum atomic E-state index is -0.456. The monoisotopic (exact) mass is 255 g/mol. The first kappa shape index (κ1) is 15.0. The standard InChI is InChI=1S/C13H25N3O2/c1-4-16(9-11(14)17)12(18)13(2,3)10-6-5-7-15-8-10/h10,15H,4-9H2,1-3H3,(H2,14,17). The van der Waals surface area contributed by atoms with Crippen molar-refractivity contribution in [2.45, 2.75) is 33.6 Å². The lowest BCUT2D eigenvalue weighted by molar-refractivity contribution is -0.145. The molecule has 5 heteroatoms. The van der Waals surface area contributed by atoms with Gasteiger partial charge < -0.3 is 16.0 Å². The van der Waals surface area contributed by atoms with Crippen LogP contribution in [0.4, 0.5) is 0 Å². The van der Waals surface area contributed by atoms with Crippen LogP contribution in [0.3, 0.4) is 0 Å². The number of piperidine rings is 1. The first-order valence-electron chi connectivity index (χ1n) is 6.68. The van der Waals surface area contributed by atoms with Crippen molar-refractivity contribution < 1.29 is 9.59 Å². The largest absolute Gasteiger partial charge is 0.368 e. The number of nitrogens with two attached hydrogens (primary N) is 1. The maximum Gasteiger partial charge on any atom is 0.237 e. The number of likely N-dealkylation sites (N-methyl/N-ethyl adjacent to an activating group) is 1. The number of nitrogens with zero attached hydrogens (tertiary/aromatic N) is 1. The van der Waals surface area contributed by atoms with E-state index in [1.807, 2.05) is 20.8 Å². The third-order valence-electron chi connectivity index (χ3n) is 3.88. The van der Waals surface area contributed by atoms with Crippen molar-refractivity contribution in [3.8, 4) is 0 Å². The summed E-state index contributed by atoms with van der Waals surface area (Å²) in [7, 11) is 0. The molecule has 1 aliphatic heterocycles. The van der Waals surface area contributed by atoms with Crippen LogP contribution in [-0.4, -0.2) is 42.9 Å². The Morgan fingerprint density at radius 3 is 2.56 bits per heavy atom. The van der Waals surface area contributed by atoms with Crippen molar-refractivity contribution in [1.82, 2.24) is 10.2 Å². The van der Waals surface area contributed by atoms with Crippen LogP contribution in [0.5, 0.6) is 0 Å². The van der Waals surface area contributed by atoms with Crippen molar-refractivity contribution >= 4 is 11.8 Å². The van der Waals surface area contributed by atoms with Crippen LogP contribution >= 0.6 is 0 Å². The highest BCUT2D eigenvalue weighted by Gasteiger charge is 2.39. The summed E-state index contributed by atoms with van der Waals surface area (Å²) < 4.78 is 0. The van der Waals surface area contributed by atoms with Crippen molar-refractivity contribution in [3.05, 3.63) is 0 Å². The minimum absolute atomic E-state index is 0.0128. The fraction of sp³-hybridized carbons (Fsp3) is 0.846. The van der Waals surface area contributed by atoms with E-state index in [9.17, 15) is 9.59 Å². The quantitative estimate of drug-likeness (QED) is 0.744. The second-order valence-corrected chi connectivity index (χ2v) is 5.55. The Bertz CT molecular complexity index is 309. The Balaban J connectivity index is 2.74. The number of rotatable bonds is 5. The molecule has 0 aromatic carbocycles. The first-order chi connectivity index (χ1) is 8.39. The third-order valence-corrected chi connectivity index (χ3v) is 3.88. The molecule has 0 bridgehead atoms. The second kappa shape index (κ2) is 6.18. The van der Waals surface area contributed by atoms with Crippen molar-refractivity contribution in [3.63, 3.8) is 0 Å². The summed E-state index contributed by atoms with van der Waals surface area (Å²) in [6, 6.07) is 0. The first-order valence-corrected chi connectivity index (χ1v) is 6.68. The van der Waals surface area contributed by atoms with Gasteiger partial charge in [-0.2, -0.15) is 0 Å². The van der Waals surface area contributed by atoms with Gasteiger partial charge in [-0.3, -0.25) is 9.59 Å². The van der Waals surface area contributed by atoms with Crippen molar-refractivity contribution in [2.75, 3.05) is 26.2 Å². The van der Waals surface area contributed by atoms with Crippen LogP contribution in [0.1, 0.15) is 33.6 Å². The maximum absolute atomic E-state index is 12.5. The molecule has 3 N–H and O–H groups in total. The lowest BCUT2D eigenvalue weighted by Gasteiger charge is -2.39. The topological polar surface area (TPSA) is 75.4 Å². The summed E-state index contributed by atoms with van der Waals surface area (Å²) in [5.41, 5.74) is 4.74. The molecule has 0 aromatic heterocycles. The zero-order valence-electron chi connectivity index (χ0n) is 11.7. The lowest BCUT2D eigenvalue weighted by atomic mass is 9.74. The van der Waals surface area contributed by atoms with E-state index in [0.29, 0.717) is 12.5 Å². The van der Waals surface area contributed by atoms with Gasteiger partial charge >= 0.3 is 0 Å². The van der Waals surface area contributed by atoms with Crippen LogP contribution < -0.4 is 11.1 Å². The summed E-state index contributed by atoms with van der Waals surface area (Å²) in [6.45, 7) is 8.24. The Morgan fingerprint density at radius 1 is 1.44 bits per heavy atom. The smallest absolute Gasteiger partial charge is 0.237 e. The number of primary amides is 1. The number of amides is 2. The highest BCUT2D eigenvalue weighted by Crippen LogP contribution is 2.33. The molecule has 2 amide bonds. The van der Waals surface area contributed by atoms with E-state index >= 15 is 0 Å². The Kier molecular flexibility index (Phi) is 5.14. The normalized spacial score (nSPS) is 20.5. The Morgan fingerprint density at radius 2 is 2.11 bits per heavy atom. The molecule has 0 aromatic rings. The second-order valence-electron chi connectivity index (χ2n) is 5.55. The highest BCUT2D eigenvalue weighted by atomic mass is 16.2. The maximum atomic E-state index is 12.5. The molecule has 0 radical (unpaired) electrons. The van der Waals surface area contributed by atoms with Gasteiger partial charge in [0.25, 0.3) is 0 Å². The van der Waals surface area contributed by atoms with Crippen LogP contribution in [0, 0.1) is 11.3 Å². The van der Waals surface area contributed by atoms with Gasteiger partial charge in [0.15, 0.2) is 0 Å². The van der Waals surface area contributed by atoms with E-state index in [1.54, 1.807) is 4.90 Å².